The van der Waals surface area contributed by atoms with Crippen LogP contribution in [0.1, 0.15) is 34.8 Å². The molecule has 0 spiro atoms. The number of nitrogens with one attached hydrogen (secondary N) is 2. The van der Waals surface area contributed by atoms with Crippen molar-refractivity contribution in [3.63, 3.8) is 0 Å². The summed E-state index contributed by atoms with van der Waals surface area (Å²) in [4.78, 5) is 48.3. The van der Waals surface area contributed by atoms with E-state index in [1.54, 1.807) is 60.7 Å². The van der Waals surface area contributed by atoms with E-state index in [-0.39, 0.29) is 12.8 Å². The Morgan fingerprint density at radius 3 is 2.10 bits per heavy atom. The Bertz CT molecular complexity index is 904. The Morgan fingerprint density at radius 2 is 1.55 bits per heavy atom. The van der Waals surface area contributed by atoms with Crippen molar-refractivity contribution in [2.24, 2.45) is 5.73 Å². The van der Waals surface area contributed by atoms with E-state index < -0.39 is 41.9 Å². The predicted molar refractivity (Wildman–Crippen MR) is 111 cm³/mol. The summed E-state index contributed by atoms with van der Waals surface area (Å²) in [5.41, 5.74) is 6.14. The molecule has 0 aromatic heterocycles. The van der Waals surface area contributed by atoms with E-state index in [1.165, 1.54) is 7.11 Å². The number of rotatable bonds is 10. The van der Waals surface area contributed by atoms with Crippen molar-refractivity contribution in [2.45, 2.75) is 31.0 Å². The average Bonchev–Trinajstić information content (AvgIpc) is 2.80. The summed E-state index contributed by atoms with van der Waals surface area (Å²) in [5.74, 6) is -2.85. The third-order valence-corrected chi connectivity index (χ3v) is 4.59. The molecule has 0 heterocycles. The fourth-order valence-corrected chi connectivity index (χ4v) is 2.88. The van der Waals surface area contributed by atoms with Gasteiger partial charge in [-0.3, -0.25) is 19.2 Å². The lowest BCUT2D eigenvalue weighted by Gasteiger charge is -2.25. The molecule has 0 saturated heterocycles. The molecule has 0 aliphatic rings. The number of carbonyl (C=O) groups excluding carboxylic acids is 4. The molecule has 2 aromatic rings. The lowest BCUT2D eigenvalue weighted by atomic mass is 9.99. The molecule has 9 nitrogen and oxygen atoms in total. The van der Waals surface area contributed by atoms with Crippen LogP contribution >= 0.6 is 0 Å². The maximum atomic E-state index is 12.7. The predicted octanol–water partition coefficient (Wildman–Crippen LogP) is 0.442. The largest absolute Gasteiger partial charge is 0.469 e. The highest BCUT2D eigenvalue weighted by Crippen LogP contribution is 2.18. The number of esters is 1. The van der Waals surface area contributed by atoms with Crippen LogP contribution in [0.15, 0.2) is 60.7 Å². The minimum Gasteiger partial charge on any atom is -0.469 e. The number of ether oxygens (including phenoxy) is 1. The number of aliphatic hydroxyl groups excluding tert-OH is 1. The maximum absolute atomic E-state index is 12.7. The van der Waals surface area contributed by atoms with Gasteiger partial charge >= 0.3 is 5.97 Å². The third kappa shape index (κ3) is 6.93. The molecule has 2 rings (SSSR count). The lowest BCUT2D eigenvalue weighted by Crippen LogP contribution is -2.51. The maximum Gasteiger partial charge on any atom is 0.305 e. The quantitative estimate of drug-likeness (QED) is 0.405. The smallest absolute Gasteiger partial charge is 0.305 e. The number of amides is 3. The second-order valence-electron chi connectivity index (χ2n) is 6.75. The van der Waals surface area contributed by atoms with Gasteiger partial charge in [0, 0.05) is 12.0 Å². The molecule has 0 radical (unpaired) electrons. The third-order valence-electron chi connectivity index (χ3n) is 4.59. The molecule has 0 aliphatic heterocycles. The molecule has 2 aromatic carbocycles. The molecule has 0 unspecified atom stereocenters. The number of aliphatic hydroxyl groups is 1. The van der Waals surface area contributed by atoms with Crippen LogP contribution < -0.4 is 16.4 Å². The van der Waals surface area contributed by atoms with Gasteiger partial charge in [0.05, 0.1) is 13.2 Å². The van der Waals surface area contributed by atoms with Gasteiger partial charge < -0.3 is 26.2 Å². The van der Waals surface area contributed by atoms with Gasteiger partial charge in [-0.05, 0) is 24.1 Å². The van der Waals surface area contributed by atoms with Crippen LogP contribution in [0.3, 0.4) is 0 Å². The highest BCUT2D eigenvalue weighted by atomic mass is 16.5. The van der Waals surface area contributed by atoms with Crippen LogP contribution in [0.4, 0.5) is 0 Å². The normalized spacial score (nSPS) is 13.4. The van der Waals surface area contributed by atoms with Gasteiger partial charge in [-0.15, -0.1) is 0 Å². The Labute approximate surface area is 179 Å². The summed E-state index contributed by atoms with van der Waals surface area (Å²) in [7, 11) is 1.20. The van der Waals surface area contributed by atoms with Crippen LogP contribution in [-0.4, -0.2) is 48.1 Å². The first-order chi connectivity index (χ1) is 14.8. The molecule has 3 amide bonds. The number of hydrogen-bond donors (Lipinski definition) is 4. The van der Waals surface area contributed by atoms with Crippen LogP contribution in [-0.2, 0) is 19.1 Å². The fraction of sp³-hybridized carbons (Fsp3) is 0.273. The van der Waals surface area contributed by atoms with E-state index in [9.17, 15) is 24.3 Å². The summed E-state index contributed by atoms with van der Waals surface area (Å²) in [6.07, 6.45) is -1.96. The lowest BCUT2D eigenvalue weighted by molar-refractivity contribution is -0.141. The van der Waals surface area contributed by atoms with Gasteiger partial charge in [-0.1, -0.05) is 48.5 Å². The molecule has 3 atom stereocenters. The van der Waals surface area contributed by atoms with Crippen molar-refractivity contribution in [3.05, 3.63) is 71.8 Å². The number of methoxy groups -OCH3 is 1. The monoisotopic (exact) mass is 427 g/mol. The number of primary amides is 1. The highest BCUT2D eigenvalue weighted by Gasteiger charge is 2.31. The molecular weight excluding hydrogens is 402 g/mol. The van der Waals surface area contributed by atoms with Gasteiger partial charge in [0.1, 0.15) is 6.04 Å². The van der Waals surface area contributed by atoms with E-state index in [0.717, 1.165) is 0 Å². The molecule has 0 aliphatic carbocycles. The van der Waals surface area contributed by atoms with Gasteiger partial charge in [0.2, 0.25) is 5.91 Å². The first-order valence-corrected chi connectivity index (χ1v) is 9.59. The average molecular weight is 427 g/mol. The molecule has 9 heteroatoms. The van der Waals surface area contributed by atoms with Crippen LogP contribution in [0.25, 0.3) is 0 Å². The zero-order chi connectivity index (χ0) is 22.8. The minimum absolute atomic E-state index is 0.0904. The second-order valence-corrected chi connectivity index (χ2v) is 6.75. The Morgan fingerprint density at radius 1 is 0.968 bits per heavy atom. The molecule has 31 heavy (non-hydrogen) atoms. The van der Waals surface area contributed by atoms with Crippen molar-refractivity contribution in [1.82, 2.24) is 10.6 Å². The number of hydrogen-bond acceptors (Lipinski definition) is 6. The Balaban J connectivity index is 2.18. The molecule has 5 N–H and O–H groups in total. The van der Waals surface area contributed by atoms with Crippen LogP contribution in [0.5, 0.6) is 0 Å². The number of benzene rings is 2. The zero-order valence-electron chi connectivity index (χ0n) is 17.0. The minimum atomic E-state index is -1.73. The standard InChI is InChI=1S/C22H25N3O6/c1-31-17(26)13-12-16(20(23)28)24-22(30)19(27)18(14-8-4-2-5-9-14)25-21(29)15-10-6-3-7-11-15/h2-11,16,18-19,27H,12-13H2,1H3,(H2,23,28)(H,24,30)(H,25,29)/t16-,18+,19-/m1/s1. The van der Waals surface area contributed by atoms with Crippen LogP contribution in [0.2, 0.25) is 0 Å². The topological polar surface area (TPSA) is 148 Å². The Hall–Kier alpha value is -3.72. The number of carbonyl (C=O) groups is 4. The summed E-state index contributed by atoms with van der Waals surface area (Å²) < 4.78 is 4.51. The molecule has 0 bridgehead atoms. The second kappa shape index (κ2) is 11.5. The van der Waals surface area contributed by atoms with E-state index in [0.29, 0.717) is 11.1 Å². The SMILES string of the molecule is COC(=O)CC[C@@H](NC(=O)[C@H](O)[C@@H](NC(=O)c1ccccc1)c1ccccc1)C(N)=O. The van der Waals surface area contributed by atoms with Crippen molar-refractivity contribution in [2.75, 3.05) is 7.11 Å². The number of nitrogens with two attached hydrogens (primary N) is 1. The Kier molecular flexibility index (Phi) is 8.71. The van der Waals surface area contributed by atoms with Crippen molar-refractivity contribution < 1.29 is 29.0 Å². The highest BCUT2D eigenvalue weighted by molar-refractivity contribution is 5.95. The first-order valence-electron chi connectivity index (χ1n) is 9.59. The van der Waals surface area contributed by atoms with Crippen molar-refractivity contribution in [3.8, 4) is 0 Å². The van der Waals surface area contributed by atoms with Gasteiger partial charge in [0.15, 0.2) is 6.10 Å². The fourth-order valence-electron chi connectivity index (χ4n) is 2.88. The van der Waals surface area contributed by atoms with Gasteiger partial charge in [0.25, 0.3) is 11.8 Å². The summed E-state index contributed by atoms with van der Waals surface area (Å²) in [5, 5.41) is 15.7. The zero-order valence-corrected chi connectivity index (χ0v) is 17.0. The summed E-state index contributed by atoms with van der Waals surface area (Å²) >= 11 is 0. The molecule has 0 saturated carbocycles. The van der Waals surface area contributed by atoms with Crippen molar-refractivity contribution in [1.29, 1.82) is 0 Å². The molecule has 164 valence electrons. The van der Waals surface area contributed by atoms with Crippen molar-refractivity contribution >= 4 is 23.7 Å². The van der Waals surface area contributed by atoms with Gasteiger partial charge in [-0.25, -0.2) is 0 Å². The van der Waals surface area contributed by atoms with E-state index in [1.807, 2.05) is 0 Å². The van der Waals surface area contributed by atoms with Gasteiger partial charge in [-0.2, -0.15) is 0 Å². The van der Waals surface area contributed by atoms with E-state index in [4.69, 9.17) is 5.73 Å². The summed E-state index contributed by atoms with van der Waals surface area (Å²) in [6, 6.07) is 14.5. The molecular formula is C22H25N3O6. The van der Waals surface area contributed by atoms with E-state index in [2.05, 4.69) is 15.4 Å². The summed E-state index contributed by atoms with van der Waals surface area (Å²) in [6.45, 7) is 0. The van der Waals surface area contributed by atoms with E-state index >= 15 is 0 Å². The van der Waals surface area contributed by atoms with Crippen LogP contribution in [0, 0.1) is 0 Å². The first kappa shape index (κ1) is 23.6. The molecule has 0 fully saturated rings.